The van der Waals surface area contributed by atoms with Gasteiger partial charge in [-0.25, -0.2) is 0 Å². The van der Waals surface area contributed by atoms with Crippen molar-refractivity contribution in [2.24, 2.45) is 0 Å². The third-order valence-corrected chi connectivity index (χ3v) is 3.40. The summed E-state index contributed by atoms with van der Waals surface area (Å²) in [5, 5.41) is 9.27. The van der Waals surface area contributed by atoms with Crippen LogP contribution in [0, 0.1) is 0 Å². The van der Waals surface area contributed by atoms with Crippen molar-refractivity contribution in [1.82, 2.24) is 4.90 Å². The SMILES string of the molecule is CC1=C(c2ccccc2)CCN(C)C1C(=O)O. The molecule has 1 N–H and O–H groups in total. The van der Waals surface area contributed by atoms with Crippen molar-refractivity contribution in [3.05, 3.63) is 41.5 Å². The number of carbonyl (C=O) groups is 1. The average molecular weight is 231 g/mol. The monoisotopic (exact) mass is 231 g/mol. The predicted octanol–water partition coefficient (Wildman–Crippen LogP) is 2.25. The van der Waals surface area contributed by atoms with Crippen LogP contribution in [0.25, 0.3) is 5.57 Å². The van der Waals surface area contributed by atoms with Crippen LogP contribution in [0.4, 0.5) is 0 Å². The lowest BCUT2D eigenvalue weighted by atomic mass is 9.89. The van der Waals surface area contributed by atoms with Crippen molar-refractivity contribution in [2.45, 2.75) is 19.4 Å². The fourth-order valence-electron chi connectivity index (χ4n) is 2.50. The van der Waals surface area contributed by atoms with Gasteiger partial charge in [-0.2, -0.15) is 0 Å². The minimum Gasteiger partial charge on any atom is -0.480 e. The topological polar surface area (TPSA) is 40.5 Å². The van der Waals surface area contributed by atoms with Crippen LogP contribution >= 0.6 is 0 Å². The Labute approximate surface area is 101 Å². The normalized spacial score (nSPS) is 21.6. The molecule has 0 bridgehead atoms. The molecule has 1 aromatic rings. The molecule has 1 aliphatic rings. The Balaban J connectivity index is 2.43. The first-order valence-electron chi connectivity index (χ1n) is 5.79. The highest BCUT2D eigenvalue weighted by Crippen LogP contribution is 2.30. The predicted molar refractivity (Wildman–Crippen MR) is 67.7 cm³/mol. The van der Waals surface area contributed by atoms with Gasteiger partial charge in [-0.1, -0.05) is 30.3 Å². The van der Waals surface area contributed by atoms with E-state index < -0.39 is 12.0 Å². The van der Waals surface area contributed by atoms with Crippen molar-refractivity contribution in [3.63, 3.8) is 0 Å². The lowest BCUT2D eigenvalue weighted by Gasteiger charge is -2.32. The second-order valence-corrected chi connectivity index (χ2v) is 4.50. The van der Waals surface area contributed by atoms with Gasteiger partial charge in [0.15, 0.2) is 0 Å². The maximum absolute atomic E-state index is 11.3. The zero-order chi connectivity index (χ0) is 12.4. The second-order valence-electron chi connectivity index (χ2n) is 4.50. The van der Waals surface area contributed by atoms with Crippen molar-refractivity contribution in [1.29, 1.82) is 0 Å². The minimum atomic E-state index is -0.766. The van der Waals surface area contributed by atoms with Crippen molar-refractivity contribution < 1.29 is 9.90 Å². The van der Waals surface area contributed by atoms with Gasteiger partial charge in [0.05, 0.1) is 0 Å². The summed E-state index contributed by atoms with van der Waals surface area (Å²) in [6.45, 7) is 2.72. The highest BCUT2D eigenvalue weighted by atomic mass is 16.4. The minimum absolute atomic E-state index is 0.487. The van der Waals surface area contributed by atoms with E-state index in [1.54, 1.807) is 0 Å². The maximum atomic E-state index is 11.3. The van der Waals surface area contributed by atoms with Gasteiger partial charge in [0.2, 0.25) is 0 Å². The zero-order valence-electron chi connectivity index (χ0n) is 10.2. The molecular weight excluding hydrogens is 214 g/mol. The summed E-state index contributed by atoms with van der Waals surface area (Å²) in [6, 6.07) is 9.56. The van der Waals surface area contributed by atoms with Gasteiger partial charge < -0.3 is 5.11 Å². The highest BCUT2D eigenvalue weighted by molar-refractivity contribution is 5.83. The molecule has 0 amide bonds. The number of benzene rings is 1. The molecule has 1 heterocycles. The van der Waals surface area contributed by atoms with Crippen LogP contribution in [0.2, 0.25) is 0 Å². The van der Waals surface area contributed by atoms with E-state index in [1.807, 2.05) is 49.2 Å². The first kappa shape index (κ1) is 11.9. The molecule has 1 aliphatic heterocycles. The molecule has 0 spiro atoms. The standard InChI is InChI=1S/C14H17NO2/c1-10-12(11-6-4-3-5-7-11)8-9-15(2)13(10)14(16)17/h3-7,13H,8-9H2,1-2H3,(H,16,17). The Hall–Kier alpha value is -1.61. The fourth-order valence-corrected chi connectivity index (χ4v) is 2.50. The summed E-state index contributed by atoms with van der Waals surface area (Å²) in [5.41, 5.74) is 3.28. The number of carboxylic acid groups (broad SMARTS) is 1. The Morgan fingerprint density at radius 1 is 1.35 bits per heavy atom. The Morgan fingerprint density at radius 2 is 2.00 bits per heavy atom. The first-order chi connectivity index (χ1) is 8.11. The molecule has 17 heavy (non-hydrogen) atoms. The molecule has 1 aromatic carbocycles. The van der Waals surface area contributed by atoms with Gasteiger partial charge in [0.25, 0.3) is 0 Å². The molecule has 0 aliphatic carbocycles. The third kappa shape index (κ3) is 2.24. The van der Waals surface area contributed by atoms with E-state index in [0.717, 1.165) is 24.1 Å². The van der Waals surface area contributed by atoms with Crippen LogP contribution < -0.4 is 0 Å². The molecule has 0 fully saturated rings. The summed E-state index contributed by atoms with van der Waals surface area (Å²) in [7, 11) is 1.87. The molecule has 1 unspecified atom stereocenters. The van der Waals surface area contributed by atoms with Crippen molar-refractivity contribution >= 4 is 11.5 Å². The lowest BCUT2D eigenvalue weighted by molar-refractivity contribution is -0.141. The van der Waals surface area contributed by atoms with Gasteiger partial charge in [-0.3, -0.25) is 9.69 Å². The number of likely N-dealkylation sites (N-methyl/N-ethyl adjacent to an activating group) is 1. The molecule has 3 heteroatoms. The Bertz CT molecular complexity index is 451. The van der Waals surface area contributed by atoms with Gasteiger partial charge in [-0.15, -0.1) is 0 Å². The fraction of sp³-hybridized carbons (Fsp3) is 0.357. The van der Waals surface area contributed by atoms with Gasteiger partial charge in [-0.05, 0) is 37.1 Å². The molecule has 0 radical (unpaired) electrons. The van der Waals surface area contributed by atoms with Crippen LogP contribution in [0.5, 0.6) is 0 Å². The third-order valence-electron chi connectivity index (χ3n) is 3.40. The molecule has 3 nitrogen and oxygen atoms in total. The van der Waals surface area contributed by atoms with E-state index >= 15 is 0 Å². The van der Waals surface area contributed by atoms with E-state index in [-0.39, 0.29) is 0 Å². The summed E-state index contributed by atoms with van der Waals surface area (Å²) in [4.78, 5) is 13.2. The van der Waals surface area contributed by atoms with Crippen LogP contribution in [0.3, 0.4) is 0 Å². The first-order valence-corrected chi connectivity index (χ1v) is 5.79. The van der Waals surface area contributed by atoms with Crippen molar-refractivity contribution in [3.8, 4) is 0 Å². The van der Waals surface area contributed by atoms with Crippen LogP contribution in [0.15, 0.2) is 35.9 Å². The number of hydrogen-bond donors (Lipinski definition) is 1. The molecule has 0 saturated heterocycles. The zero-order valence-corrected chi connectivity index (χ0v) is 10.2. The van der Waals surface area contributed by atoms with E-state index in [1.165, 1.54) is 5.57 Å². The van der Waals surface area contributed by atoms with E-state index in [0.29, 0.717) is 0 Å². The smallest absolute Gasteiger partial charge is 0.325 e. The van der Waals surface area contributed by atoms with E-state index in [4.69, 9.17) is 0 Å². The van der Waals surface area contributed by atoms with Gasteiger partial charge >= 0.3 is 5.97 Å². The summed E-state index contributed by atoms with van der Waals surface area (Å²) in [6.07, 6.45) is 0.913. The maximum Gasteiger partial charge on any atom is 0.325 e. The number of aliphatic carboxylic acids is 1. The Morgan fingerprint density at radius 3 is 2.59 bits per heavy atom. The molecule has 0 saturated carbocycles. The van der Waals surface area contributed by atoms with E-state index in [9.17, 15) is 9.90 Å². The lowest BCUT2D eigenvalue weighted by Crippen LogP contribution is -2.43. The molecule has 2 rings (SSSR count). The molecule has 90 valence electrons. The van der Waals surface area contributed by atoms with E-state index in [2.05, 4.69) is 0 Å². The van der Waals surface area contributed by atoms with Crippen LogP contribution in [-0.4, -0.2) is 35.6 Å². The molecular formula is C14H17NO2. The number of hydrogen-bond acceptors (Lipinski definition) is 2. The molecule has 0 aromatic heterocycles. The van der Waals surface area contributed by atoms with Gasteiger partial charge in [0.1, 0.15) is 6.04 Å². The number of nitrogens with zero attached hydrogens (tertiary/aromatic N) is 1. The number of rotatable bonds is 2. The summed E-state index contributed by atoms with van der Waals surface area (Å²) >= 11 is 0. The second kappa shape index (κ2) is 4.72. The quantitative estimate of drug-likeness (QED) is 0.848. The van der Waals surface area contributed by atoms with Crippen LogP contribution in [0.1, 0.15) is 18.9 Å². The largest absolute Gasteiger partial charge is 0.480 e. The van der Waals surface area contributed by atoms with Gasteiger partial charge in [0, 0.05) is 6.54 Å². The number of carboxylic acids is 1. The summed E-state index contributed by atoms with van der Waals surface area (Å²) in [5.74, 6) is -0.766. The molecule has 1 atom stereocenters. The van der Waals surface area contributed by atoms with Crippen LogP contribution in [-0.2, 0) is 4.79 Å². The Kier molecular flexibility index (Phi) is 3.29. The average Bonchev–Trinajstić information content (AvgIpc) is 2.30. The van der Waals surface area contributed by atoms with Crippen molar-refractivity contribution in [2.75, 3.05) is 13.6 Å². The highest BCUT2D eigenvalue weighted by Gasteiger charge is 2.30. The summed E-state index contributed by atoms with van der Waals surface area (Å²) < 4.78 is 0.